The second-order valence-electron chi connectivity index (χ2n) is 12.6. The third-order valence-electron chi connectivity index (χ3n) is 9.52. The van der Waals surface area contributed by atoms with Crippen LogP contribution in [0, 0.1) is 23.7 Å². The fourth-order valence-corrected chi connectivity index (χ4v) is 6.72. The molecule has 0 amide bonds. The molecule has 2 aliphatic carbocycles. The highest BCUT2D eigenvalue weighted by atomic mass is 32.1. The molecule has 2 saturated carbocycles. The zero-order valence-corrected chi connectivity index (χ0v) is 27.7. The van der Waals surface area contributed by atoms with Gasteiger partial charge in [0.15, 0.2) is 5.11 Å². The second kappa shape index (κ2) is 17.4. The summed E-state index contributed by atoms with van der Waals surface area (Å²) in [6, 6.07) is 19.8. The first-order chi connectivity index (χ1) is 20.6. The lowest BCUT2D eigenvalue weighted by Crippen LogP contribution is -2.60. The van der Waals surface area contributed by atoms with E-state index in [4.69, 9.17) is 27.4 Å². The van der Waals surface area contributed by atoms with Crippen molar-refractivity contribution >= 4 is 17.3 Å². The second-order valence-corrected chi connectivity index (χ2v) is 13.0. The minimum atomic E-state index is -0.454. The van der Waals surface area contributed by atoms with Crippen LogP contribution >= 0.6 is 12.2 Å². The molecule has 2 fully saturated rings. The highest BCUT2D eigenvalue weighted by Crippen LogP contribution is 2.36. The lowest BCUT2D eigenvalue weighted by molar-refractivity contribution is -0.0955. The molecule has 7 nitrogen and oxygen atoms in total. The van der Waals surface area contributed by atoms with E-state index in [9.17, 15) is 10.2 Å². The van der Waals surface area contributed by atoms with Gasteiger partial charge in [-0.05, 0) is 59.9 Å². The summed E-state index contributed by atoms with van der Waals surface area (Å²) < 4.78 is 12.3. The number of aliphatic hydroxyl groups excluding tert-OH is 2. The van der Waals surface area contributed by atoms with Gasteiger partial charge in [-0.15, -0.1) is 0 Å². The Kier molecular flexibility index (Phi) is 14.3. The van der Waals surface area contributed by atoms with Crippen molar-refractivity contribution in [3.8, 4) is 0 Å². The summed E-state index contributed by atoms with van der Waals surface area (Å²) in [5, 5.41) is 24.7. The maximum Gasteiger partial charge on any atom is 0.168 e. The SMILES string of the molecule is CC[C@H]1C[C@@H](O)[C@H](N)[C@@H](OCc2ccccc2)[C@@H]1C.CC[C@H]1C[C@@H](O)[C@H](NC(=S)N(C)C)[C@@H](OCc2ccccc2)[C@@H]1C. The van der Waals surface area contributed by atoms with Crippen LogP contribution < -0.4 is 11.1 Å². The van der Waals surface area contributed by atoms with E-state index in [1.165, 1.54) is 0 Å². The highest BCUT2D eigenvalue weighted by molar-refractivity contribution is 7.80. The van der Waals surface area contributed by atoms with E-state index in [0.717, 1.165) is 36.8 Å². The van der Waals surface area contributed by atoms with Gasteiger partial charge in [0.05, 0.1) is 49.7 Å². The molecule has 10 atom stereocenters. The summed E-state index contributed by atoms with van der Waals surface area (Å²) in [6.07, 6.45) is 2.67. The molecule has 0 heterocycles. The highest BCUT2D eigenvalue weighted by Gasteiger charge is 2.43. The quantitative estimate of drug-likeness (QED) is 0.289. The van der Waals surface area contributed by atoms with Crippen molar-refractivity contribution < 1.29 is 19.7 Å². The number of nitrogens with zero attached hydrogens (tertiary/aromatic N) is 1. The third-order valence-corrected chi connectivity index (χ3v) is 10.0. The monoisotopic (exact) mass is 613 g/mol. The van der Waals surface area contributed by atoms with E-state index >= 15 is 0 Å². The number of aliphatic hydroxyl groups is 2. The smallest absolute Gasteiger partial charge is 0.168 e. The van der Waals surface area contributed by atoms with Gasteiger partial charge in [-0.3, -0.25) is 0 Å². The number of benzene rings is 2. The summed E-state index contributed by atoms with van der Waals surface area (Å²) >= 11 is 5.39. The van der Waals surface area contributed by atoms with Crippen molar-refractivity contribution in [1.82, 2.24) is 10.2 Å². The zero-order chi connectivity index (χ0) is 31.5. The van der Waals surface area contributed by atoms with Crippen molar-refractivity contribution in [3.05, 3.63) is 71.8 Å². The zero-order valence-electron chi connectivity index (χ0n) is 26.9. The summed E-state index contributed by atoms with van der Waals surface area (Å²) in [5.74, 6) is 1.72. The number of rotatable bonds is 9. The maximum absolute atomic E-state index is 10.7. The lowest BCUT2D eigenvalue weighted by atomic mass is 9.73. The molecule has 2 aromatic rings. The molecule has 2 aromatic carbocycles. The first-order valence-corrected chi connectivity index (χ1v) is 16.4. The predicted molar refractivity (Wildman–Crippen MR) is 178 cm³/mol. The summed E-state index contributed by atoms with van der Waals surface area (Å²) in [6.45, 7) is 9.87. The van der Waals surface area contributed by atoms with Crippen LogP contribution in [0.4, 0.5) is 0 Å². The first-order valence-electron chi connectivity index (χ1n) is 16.0. The number of thiocarbonyl (C=S) groups is 1. The number of nitrogens with two attached hydrogens (primary N) is 1. The molecule has 0 aromatic heterocycles. The Bertz CT molecular complexity index is 1080. The van der Waals surface area contributed by atoms with Gasteiger partial charge in [-0.2, -0.15) is 0 Å². The normalized spacial score (nSPS) is 32.3. The van der Waals surface area contributed by atoms with Gasteiger partial charge < -0.3 is 35.6 Å². The molecule has 240 valence electrons. The minimum Gasteiger partial charge on any atom is -0.391 e. The van der Waals surface area contributed by atoms with E-state index in [0.29, 0.717) is 42.0 Å². The molecular formula is C35H55N3O4S. The summed E-state index contributed by atoms with van der Waals surface area (Å²) in [4.78, 5) is 1.85. The van der Waals surface area contributed by atoms with Crippen LogP contribution in [0.25, 0.3) is 0 Å². The number of hydrogen-bond acceptors (Lipinski definition) is 6. The Morgan fingerprint density at radius 2 is 1.26 bits per heavy atom. The Hall–Kier alpha value is -2.07. The van der Waals surface area contributed by atoms with Crippen molar-refractivity contribution in [2.45, 2.75) is 103 Å². The molecule has 0 unspecified atom stereocenters. The van der Waals surface area contributed by atoms with Gasteiger partial charge in [0.2, 0.25) is 0 Å². The lowest BCUT2D eigenvalue weighted by Gasteiger charge is -2.45. The standard InChI is InChI=1S/C19H30N2O2S.C16H25NO2/c1-5-15-11-16(22)17(20-19(24)21(3)4)18(13(15)2)23-12-14-9-7-6-8-10-14;1-3-13-9-14(18)15(17)16(11(13)2)19-10-12-7-5-4-6-8-12/h6-10,13,15-18,22H,5,11-12H2,1-4H3,(H,20,24);4-8,11,13-16,18H,3,9-10,17H2,1-2H3/t13-,15+,16-,17+,18+;11-,13+,14-,15+,16+/m11/s1. The van der Waals surface area contributed by atoms with Crippen LogP contribution in [-0.4, -0.2) is 70.8 Å². The molecule has 5 N–H and O–H groups in total. The topological polar surface area (TPSA) is 100 Å². The molecule has 0 bridgehead atoms. The predicted octanol–water partition coefficient (Wildman–Crippen LogP) is 5.13. The van der Waals surface area contributed by atoms with Crippen molar-refractivity contribution in [3.63, 3.8) is 0 Å². The van der Waals surface area contributed by atoms with Gasteiger partial charge in [-0.1, -0.05) is 101 Å². The molecule has 0 radical (unpaired) electrons. The van der Waals surface area contributed by atoms with Gasteiger partial charge in [-0.25, -0.2) is 0 Å². The average Bonchev–Trinajstić information content (AvgIpc) is 3.01. The van der Waals surface area contributed by atoms with Gasteiger partial charge in [0.1, 0.15) is 0 Å². The van der Waals surface area contributed by atoms with Crippen LogP contribution in [-0.2, 0) is 22.7 Å². The van der Waals surface area contributed by atoms with Crippen molar-refractivity contribution in [2.75, 3.05) is 14.1 Å². The van der Waals surface area contributed by atoms with Crippen LogP contribution in [0.2, 0.25) is 0 Å². The Morgan fingerprint density at radius 1 is 0.814 bits per heavy atom. The molecule has 8 heteroatoms. The van der Waals surface area contributed by atoms with E-state index in [1.807, 2.05) is 67.5 Å². The Labute approximate surface area is 265 Å². The largest absolute Gasteiger partial charge is 0.391 e. The van der Waals surface area contributed by atoms with E-state index in [-0.39, 0.29) is 24.3 Å². The molecule has 4 rings (SSSR count). The van der Waals surface area contributed by atoms with Crippen molar-refractivity contribution in [1.29, 1.82) is 0 Å². The van der Waals surface area contributed by atoms with Gasteiger partial charge >= 0.3 is 0 Å². The number of ether oxygens (including phenoxy) is 2. The number of hydrogen-bond donors (Lipinski definition) is 4. The third kappa shape index (κ3) is 9.96. The van der Waals surface area contributed by atoms with Gasteiger partial charge in [0, 0.05) is 14.1 Å². The first kappa shape index (κ1) is 35.4. The van der Waals surface area contributed by atoms with Gasteiger partial charge in [0.25, 0.3) is 0 Å². The summed E-state index contributed by atoms with van der Waals surface area (Å²) in [7, 11) is 3.81. The number of nitrogens with one attached hydrogen (secondary N) is 1. The fourth-order valence-electron chi connectivity index (χ4n) is 6.58. The minimum absolute atomic E-state index is 0.0612. The Balaban J connectivity index is 0.000000242. The van der Waals surface area contributed by atoms with E-state index in [1.54, 1.807) is 0 Å². The van der Waals surface area contributed by atoms with Crippen molar-refractivity contribution in [2.24, 2.45) is 29.4 Å². The molecule has 0 spiro atoms. The van der Waals surface area contributed by atoms with Crippen LogP contribution in [0.3, 0.4) is 0 Å². The molecule has 43 heavy (non-hydrogen) atoms. The van der Waals surface area contributed by atoms with Crippen LogP contribution in [0.5, 0.6) is 0 Å². The molecule has 2 aliphatic rings. The fraction of sp³-hybridized carbons (Fsp3) is 0.629. The van der Waals surface area contributed by atoms with E-state index in [2.05, 4.69) is 45.1 Å². The molecule has 0 saturated heterocycles. The maximum atomic E-state index is 10.7. The van der Waals surface area contributed by atoms with Crippen LogP contribution in [0.15, 0.2) is 60.7 Å². The van der Waals surface area contributed by atoms with Crippen LogP contribution in [0.1, 0.15) is 64.5 Å². The summed E-state index contributed by atoms with van der Waals surface area (Å²) in [5.41, 5.74) is 8.41. The van der Waals surface area contributed by atoms with E-state index < -0.39 is 12.2 Å². The molecular weight excluding hydrogens is 558 g/mol. The molecule has 0 aliphatic heterocycles. The average molecular weight is 614 g/mol. The Morgan fingerprint density at radius 3 is 1.72 bits per heavy atom.